The first-order valence-corrected chi connectivity index (χ1v) is 6.25. The average Bonchev–Trinajstić information content (AvgIpc) is 2.16. The fraction of sp³-hybridized carbons (Fsp3) is 0.583. The second kappa shape index (κ2) is 5.64. The Morgan fingerprint density at radius 1 is 1.38 bits per heavy atom. The zero-order valence-corrected chi connectivity index (χ0v) is 12.0. The smallest absolute Gasteiger partial charge is 0.128 e. The highest BCUT2D eigenvalue weighted by Gasteiger charge is 2.08. The van der Waals surface area contributed by atoms with Gasteiger partial charge in [0, 0.05) is 36.3 Å². The highest BCUT2D eigenvalue weighted by molar-refractivity contribution is 9.10. The molecule has 0 spiro atoms. The molecule has 16 heavy (non-hydrogen) atoms. The highest BCUT2D eigenvalue weighted by Crippen LogP contribution is 2.13. The molecular weight excluding hydrogens is 266 g/mol. The number of hydrogen-bond donors (Lipinski definition) is 1. The lowest BCUT2D eigenvalue weighted by Gasteiger charge is -2.24. The summed E-state index contributed by atoms with van der Waals surface area (Å²) in [6, 6.07) is 4.02. The molecule has 0 unspecified atom stereocenters. The van der Waals surface area contributed by atoms with Crippen LogP contribution in [-0.2, 0) is 0 Å². The third-order valence-corrected chi connectivity index (χ3v) is 2.67. The SMILES string of the molecule is CN(CCNC(C)(C)C)c1ccc(Br)cn1. The Morgan fingerprint density at radius 3 is 2.56 bits per heavy atom. The Balaban J connectivity index is 2.41. The number of nitrogens with one attached hydrogen (secondary N) is 1. The molecule has 1 aromatic rings. The maximum Gasteiger partial charge on any atom is 0.128 e. The second-order valence-electron chi connectivity index (χ2n) is 4.93. The third kappa shape index (κ3) is 4.94. The van der Waals surface area contributed by atoms with Crippen LogP contribution >= 0.6 is 15.9 Å². The summed E-state index contributed by atoms with van der Waals surface area (Å²) in [6.07, 6.45) is 1.82. The fourth-order valence-electron chi connectivity index (χ4n) is 1.31. The van der Waals surface area contributed by atoms with Gasteiger partial charge in [0.1, 0.15) is 5.82 Å². The highest BCUT2D eigenvalue weighted by atomic mass is 79.9. The van der Waals surface area contributed by atoms with Gasteiger partial charge in [0.15, 0.2) is 0 Å². The summed E-state index contributed by atoms with van der Waals surface area (Å²) < 4.78 is 1.01. The van der Waals surface area contributed by atoms with Crippen LogP contribution in [0.4, 0.5) is 5.82 Å². The molecule has 1 rings (SSSR count). The predicted octanol–water partition coefficient (Wildman–Crippen LogP) is 2.67. The maximum absolute atomic E-state index is 4.34. The van der Waals surface area contributed by atoms with Crippen LogP contribution in [0.2, 0.25) is 0 Å². The lowest BCUT2D eigenvalue weighted by molar-refractivity contribution is 0.430. The lowest BCUT2D eigenvalue weighted by Crippen LogP contribution is -2.40. The molecule has 0 amide bonds. The molecule has 0 radical (unpaired) electrons. The number of pyridine rings is 1. The number of halogens is 1. The van der Waals surface area contributed by atoms with Crippen molar-refractivity contribution in [1.29, 1.82) is 0 Å². The van der Waals surface area contributed by atoms with Crippen molar-refractivity contribution in [2.24, 2.45) is 0 Å². The number of aromatic nitrogens is 1. The van der Waals surface area contributed by atoms with E-state index >= 15 is 0 Å². The van der Waals surface area contributed by atoms with E-state index in [2.05, 4.69) is 58.9 Å². The summed E-state index contributed by atoms with van der Waals surface area (Å²) >= 11 is 3.38. The second-order valence-corrected chi connectivity index (χ2v) is 5.85. The first-order valence-electron chi connectivity index (χ1n) is 5.46. The number of hydrogen-bond acceptors (Lipinski definition) is 3. The molecule has 0 aliphatic rings. The molecule has 0 fully saturated rings. The van der Waals surface area contributed by atoms with Gasteiger partial charge >= 0.3 is 0 Å². The standard InChI is InChI=1S/C12H20BrN3/c1-12(2,3)15-7-8-16(4)11-6-5-10(13)9-14-11/h5-6,9,15H,7-8H2,1-4H3. The van der Waals surface area contributed by atoms with Crippen LogP contribution in [0, 0.1) is 0 Å². The van der Waals surface area contributed by atoms with Crippen molar-refractivity contribution in [2.45, 2.75) is 26.3 Å². The van der Waals surface area contributed by atoms with Crippen LogP contribution in [0.5, 0.6) is 0 Å². The molecule has 1 heterocycles. The summed E-state index contributed by atoms with van der Waals surface area (Å²) in [4.78, 5) is 6.49. The first kappa shape index (κ1) is 13.5. The van der Waals surface area contributed by atoms with Crippen LogP contribution in [-0.4, -0.2) is 30.7 Å². The Bertz CT molecular complexity index is 316. The van der Waals surface area contributed by atoms with E-state index in [0.29, 0.717) is 0 Å². The molecule has 0 aliphatic heterocycles. The number of anilines is 1. The van der Waals surface area contributed by atoms with E-state index in [4.69, 9.17) is 0 Å². The Hall–Kier alpha value is -0.610. The van der Waals surface area contributed by atoms with Gasteiger partial charge in [-0.1, -0.05) is 0 Å². The van der Waals surface area contributed by atoms with Crippen molar-refractivity contribution < 1.29 is 0 Å². The zero-order valence-electron chi connectivity index (χ0n) is 10.4. The van der Waals surface area contributed by atoms with Gasteiger partial charge in [0.25, 0.3) is 0 Å². The van der Waals surface area contributed by atoms with Gasteiger partial charge in [0.2, 0.25) is 0 Å². The third-order valence-electron chi connectivity index (χ3n) is 2.21. The Morgan fingerprint density at radius 2 is 2.06 bits per heavy atom. The molecule has 0 saturated carbocycles. The largest absolute Gasteiger partial charge is 0.358 e. The van der Waals surface area contributed by atoms with Gasteiger partial charge < -0.3 is 10.2 Å². The van der Waals surface area contributed by atoms with Gasteiger partial charge in [-0.3, -0.25) is 0 Å². The van der Waals surface area contributed by atoms with Crippen molar-refractivity contribution in [3.05, 3.63) is 22.8 Å². The van der Waals surface area contributed by atoms with Crippen molar-refractivity contribution in [3.63, 3.8) is 0 Å². The van der Waals surface area contributed by atoms with Gasteiger partial charge in [0.05, 0.1) is 0 Å². The molecule has 4 heteroatoms. The molecule has 0 saturated heterocycles. The van der Waals surface area contributed by atoms with Gasteiger partial charge in [-0.15, -0.1) is 0 Å². The van der Waals surface area contributed by atoms with Crippen LogP contribution < -0.4 is 10.2 Å². The van der Waals surface area contributed by atoms with Crippen molar-refractivity contribution >= 4 is 21.7 Å². The van der Waals surface area contributed by atoms with Gasteiger partial charge in [-0.2, -0.15) is 0 Å². The van der Waals surface area contributed by atoms with E-state index in [-0.39, 0.29) is 5.54 Å². The molecule has 0 atom stereocenters. The topological polar surface area (TPSA) is 28.2 Å². The average molecular weight is 286 g/mol. The summed E-state index contributed by atoms with van der Waals surface area (Å²) in [6.45, 7) is 8.42. The summed E-state index contributed by atoms with van der Waals surface area (Å²) in [5.41, 5.74) is 0.175. The van der Waals surface area contributed by atoms with Crippen LogP contribution in [0.1, 0.15) is 20.8 Å². The van der Waals surface area contributed by atoms with Crippen molar-refractivity contribution in [3.8, 4) is 0 Å². The first-order chi connectivity index (χ1) is 7.38. The van der Waals surface area contributed by atoms with E-state index in [1.54, 1.807) is 0 Å². The minimum atomic E-state index is 0.175. The molecule has 0 aromatic carbocycles. The Kier molecular flexibility index (Phi) is 4.74. The Labute approximate surface area is 106 Å². The predicted molar refractivity (Wildman–Crippen MR) is 73.0 cm³/mol. The molecule has 0 bridgehead atoms. The monoisotopic (exact) mass is 285 g/mol. The van der Waals surface area contributed by atoms with Crippen LogP contribution in [0.25, 0.3) is 0 Å². The van der Waals surface area contributed by atoms with E-state index in [9.17, 15) is 0 Å². The number of nitrogens with zero attached hydrogens (tertiary/aromatic N) is 2. The molecular formula is C12H20BrN3. The molecule has 0 aliphatic carbocycles. The summed E-state index contributed by atoms with van der Waals surface area (Å²) in [5.74, 6) is 0.999. The van der Waals surface area contributed by atoms with Crippen LogP contribution in [0.15, 0.2) is 22.8 Å². The fourth-order valence-corrected chi connectivity index (χ4v) is 1.54. The minimum absolute atomic E-state index is 0.175. The maximum atomic E-state index is 4.34. The molecule has 1 aromatic heterocycles. The molecule has 90 valence electrons. The lowest BCUT2D eigenvalue weighted by atomic mass is 10.1. The molecule has 1 N–H and O–H groups in total. The van der Waals surface area contributed by atoms with E-state index in [0.717, 1.165) is 23.4 Å². The van der Waals surface area contributed by atoms with E-state index in [1.807, 2.05) is 18.3 Å². The minimum Gasteiger partial charge on any atom is -0.358 e. The van der Waals surface area contributed by atoms with Crippen molar-refractivity contribution in [2.75, 3.05) is 25.0 Å². The zero-order chi connectivity index (χ0) is 12.2. The normalized spacial score (nSPS) is 11.6. The summed E-state index contributed by atoms with van der Waals surface area (Å²) in [5, 5.41) is 3.46. The number of rotatable bonds is 4. The molecule has 3 nitrogen and oxygen atoms in total. The quantitative estimate of drug-likeness (QED) is 0.922. The van der Waals surface area contributed by atoms with Crippen LogP contribution in [0.3, 0.4) is 0 Å². The summed E-state index contributed by atoms with van der Waals surface area (Å²) in [7, 11) is 2.06. The number of likely N-dealkylation sites (N-methyl/N-ethyl adjacent to an activating group) is 1. The van der Waals surface area contributed by atoms with E-state index in [1.165, 1.54) is 0 Å². The van der Waals surface area contributed by atoms with Crippen molar-refractivity contribution in [1.82, 2.24) is 10.3 Å². The van der Waals surface area contributed by atoms with E-state index < -0.39 is 0 Å². The van der Waals surface area contributed by atoms with Gasteiger partial charge in [-0.05, 0) is 48.8 Å². The van der Waals surface area contributed by atoms with Gasteiger partial charge in [-0.25, -0.2) is 4.98 Å².